The molecule has 0 aromatic carbocycles. The fourth-order valence-corrected chi connectivity index (χ4v) is 4.30. The molecular formula is C17H20N4O2S. The van der Waals surface area contributed by atoms with Gasteiger partial charge in [0, 0.05) is 25.4 Å². The summed E-state index contributed by atoms with van der Waals surface area (Å²) in [5.41, 5.74) is -0.238. The molecule has 24 heavy (non-hydrogen) atoms. The average molecular weight is 344 g/mol. The lowest BCUT2D eigenvalue weighted by Gasteiger charge is -2.39. The van der Waals surface area contributed by atoms with Crippen LogP contribution in [0.2, 0.25) is 0 Å². The molecule has 7 heteroatoms. The van der Waals surface area contributed by atoms with Crippen LogP contribution >= 0.6 is 11.3 Å². The summed E-state index contributed by atoms with van der Waals surface area (Å²) in [5.74, 6) is 0.751. The highest BCUT2D eigenvalue weighted by atomic mass is 32.1. The van der Waals surface area contributed by atoms with Crippen molar-refractivity contribution in [2.75, 3.05) is 25.0 Å². The number of hydrogen-bond acceptors (Lipinski definition) is 6. The van der Waals surface area contributed by atoms with Crippen molar-refractivity contribution in [3.63, 3.8) is 0 Å². The molecule has 0 aliphatic carbocycles. The number of carbonyl (C=O) groups excluding carboxylic acids is 1. The monoisotopic (exact) mass is 344 g/mol. The van der Waals surface area contributed by atoms with Crippen molar-refractivity contribution >= 4 is 23.2 Å². The molecule has 2 aliphatic heterocycles. The van der Waals surface area contributed by atoms with E-state index in [0.717, 1.165) is 30.7 Å². The van der Waals surface area contributed by atoms with Crippen LogP contribution in [0, 0.1) is 0 Å². The van der Waals surface area contributed by atoms with E-state index in [2.05, 4.69) is 15.3 Å². The maximum Gasteiger partial charge on any atom is 0.264 e. The Balaban J connectivity index is 1.41. The second-order valence-electron chi connectivity index (χ2n) is 6.42. The number of ether oxygens (including phenoxy) is 1. The molecule has 1 spiro atoms. The quantitative estimate of drug-likeness (QED) is 0.926. The van der Waals surface area contributed by atoms with Crippen LogP contribution in [0.1, 0.15) is 28.9 Å². The highest BCUT2D eigenvalue weighted by molar-refractivity contribution is 7.12. The molecule has 2 fully saturated rings. The number of rotatable bonds is 3. The first-order chi connectivity index (χ1) is 11.7. The molecule has 4 rings (SSSR count). The highest BCUT2D eigenvalue weighted by Crippen LogP contribution is 2.36. The van der Waals surface area contributed by atoms with Gasteiger partial charge in [0.25, 0.3) is 5.91 Å². The predicted octanol–water partition coefficient (Wildman–Crippen LogP) is 2.41. The van der Waals surface area contributed by atoms with Gasteiger partial charge in [-0.25, -0.2) is 9.97 Å². The van der Waals surface area contributed by atoms with Crippen LogP contribution in [0.3, 0.4) is 0 Å². The van der Waals surface area contributed by atoms with Gasteiger partial charge in [-0.1, -0.05) is 6.07 Å². The van der Waals surface area contributed by atoms with Crippen LogP contribution in [-0.4, -0.2) is 52.1 Å². The fourth-order valence-electron chi connectivity index (χ4n) is 3.61. The Labute approximate surface area is 144 Å². The maximum absolute atomic E-state index is 12.6. The molecule has 0 unspecified atom stereocenters. The molecule has 0 bridgehead atoms. The molecular weight excluding hydrogens is 324 g/mol. The Bertz CT molecular complexity index is 694. The largest absolute Gasteiger partial charge is 0.371 e. The number of thiophene rings is 1. The number of hydrogen-bond donors (Lipinski definition) is 1. The number of nitrogens with one attached hydrogen (secondary N) is 1. The second-order valence-corrected chi connectivity index (χ2v) is 7.37. The van der Waals surface area contributed by atoms with Gasteiger partial charge < -0.3 is 15.0 Å². The maximum atomic E-state index is 12.6. The third kappa shape index (κ3) is 3.14. The van der Waals surface area contributed by atoms with E-state index in [1.54, 1.807) is 18.5 Å². The highest BCUT2D eigenvalue weighted by Gasteiger charge is 2.44. The van der Waals surface area contributed by atoms with Gasteiger partial charge in [0.15, 0.2) is 0 Å². The Hall–Kier alpha value is -1.99. The molecule has 2 aromatic heterocycles. The zero-order valence-electron chi connectivity index (χ0n) is 13.4. The lowest BCUT2D eigenvalue weighted by atomic mass is 9.88. The van der Waals surface area contributed by atoms with Crippen molar-refractivity contribution in [2.45, 2.75) is 30.9 Å². The molecule has 0 saturated carbocycles. The normalized spacial score (nSPS) is 26.7. The van der Waals surface area contributed by atoms with E-state index in [9.17, 15) is 4.79 Å². The second kappa shape index (κ2) is 6.49. The number of piperidine rings is 1. The molecule has 1 N–H and O–H groups in total. The van der Waals surface area contributed by atoms with Crippen molar-refractivity contribution < 1.29 is 9.53 Å². The number of aromatic nitrogens is 2. The molecule has 6 nitrogen and oxygen atoms in total. The van der Waals surface area contributed by atoms with E-state index < -0.39 is 0 Å². The van der Waals surface area contributed by atoms with Gasteiger partial charge in [0.1, 0.15) is 0 Å². The van der Waals surface area contributed by atoms with Crippen LogP contribution in [0.25, 0.3) is 0 Å². The van der Waals surface area contributed by atoms with Crippen molar-refractivity contribution in [1.82, 2.24) is 14.9 Å². The summed E-state index contributed by atoms with van der Waals surface area (Å²) in [7, 11) is 0. The summed E-state index contributed by atoms with van der Waals surface area (Å²) in [4.78, 5) is 23.8. The van der Waals surface area contributed by atoms with Gasteiger partial charge in [-0.2, -0.15) is 0 Å². The van der Waals surface area contributed by atoms with E-state index in [1.165, 1.54) is 11.3 Å². The van der Waals surface area contributed by atoms with Crippen LogP contribution in [0.5, 0.6) is 0 Å². The summed E-state index contributed by atoms with van der Waals surface area (Å²) >= 11 is 1.50. The fraction of sp³-hybridized carbons (Fsp3) is 0.471. The van der Waals surface area contributed by atoms with E-state index >= 15 is 0 Å². The Morgan fingerprint density at radius 1 is 1.38 bits per heavy atom. The van der Waals surface area contributed by atoms with Crippen molar-refractivity contribution in [3.8, 4) is 0 Å². The third-order valence-electron chi connectivity index (χ3n) is 4.67. The van der Waals surface area contributed by atoms with Crippen LogP contribution in [0.4, 0.5) is 5.95 Å². The Morgan fingerprint density at radius 2 is 2.25 bits per heavy atom. The minimum absolute atomic E-state index is 0.121. The number of anilines is 1. The summed E-state index contributed by atoms with van der Waals surface area (Å²) in [6.45, 7) is 2.10. The van der Waals surface area contributed by atoms with Crippen molar-refractivity contribution in [2.24, 2.45) is 0 Å². The first kappa shape index (κ1) is 15.5. The van der Waals surface area contributed by atoms with Crippen LogP contribution < -0.4 is 5.32 Å². The van der Waals surface area contributed by atoms with E-state index in [4.69, 9.17) is 4.74 Å². The van der Waals surface area contributed by atoms with Crippen LogP contribution in [-0.2, 0) is 4.74 Å². The molecule has 2 aliphatic rings. The van der Waals surface area contributed by atoms with Gasteiger partial charge in [-0.05, 0) is 30.4 Å². The first-order valence-corrected chi connectivity index (χ1v) is 9.12. The summed E-state index contributed by atoms with van der Waals surface area (Å²) in [6.07, 6.45) is 6.30. The Kier molecular flexibility index (Phi) is 4.20. The summed E-state index contributed by atoms with van der Waals surface area (Å²) in [6, 6.07) is 5.79. The smallest absolute Gasteiger partial charge is 0.264 e. The first-order valence-electron chi connectivity index (χ1n) is 8.24. The molecule has 2 atom stereocenters. The van der Waals surface area contributed by atoms with E-state index in [0.29, 0.717) is 19.1 Å². The number of amides is 1. The van der Waals surface area contributed by atoms with Crippen molar-refractivity contribution in [1.29, 1.82) is 0 Å². The molecule has 4 heterocycles. The topological polar surface area (TPSA) is 67.4 Å². The minimum atomic E-state index is -0.238. The standard InChI is InChI=1S/C17H20N4O2S/c22-15(14-4-1-9-24-14)21-8-2-5-17(12-21)10-13(11-23-17)20-16-18-6-3-7-19-16/h1,3-4,6-7,9,13H,2,5,8,10-12H2,(H,18,19,20)/t13-,17+/m1/s1. The van der Waals surface area contributed by atoms with Gasteiger partial charge in [0.2, 0.25) is 5.95 Å². The Morgan fingerprint density at radius 3 is 3.04 bits per heavy atom. The zero-order valence-corrected chi connectivity index (χ0v) is 14.2. The molecule has 0 radical (unpaired) electrons. The van der Waals surface area contributed by atoms with Gasteiger partial charge in [-0.15, -0.1) is 11.3 Å². The SMILES string of the molecule is O=C(c1cccs1)N1CCC[C@]2(C[C@@H](Nc3ncccn3)CO2)C1. The number of nitrogens with zero attached hydrogens (tertiary/aromatic N) is 3. The average Bonchev–Trinajstić information content (AvgIpc) is 3.26. The van der Waals surface area contributed by atoms with Gasteiger partial charge >= 0.3 is 0 Å². The zero-order chi connectivity index (χ0) is 16.4. The van der Waals surface area contributed by atoms with E-state index in [1.807, 2.05) is 22.4 Å². The molecule has 1 amide bonds. The summed E-state index contributed by atoms with van der Waals surface area (Å²) in [5, 5.41) is 5.28. The summed E-state index contributed by atoms with van der Waals surface area (Å²) < 4.78 is 6.16. The number of carbonyl (C=O) groups is 1. The number of likely N-dealkylation sites (tertiary alicyclic amines) is 1. The minimum Gasteiger partial charge on any atom is -0.371 e. The lowest BCUT2D eigenvalue weighted by molar-refractivity contribution is -0.0446. The predicted molar refractivity (Wildman–Crippen MR) is 92.2 cm³/mol. The molecule has 2 saturated heterocycles. The van der Waals surface area contributed by atoms with Crippen LogP contribution in [0.15, 0.2) is 36.0 Å². The van der Waals surface area contributed by atoms with E-state index in [-0.39, 0.29) is 17.6 Å². The lowest BCUT2D eigenvalue weighted by Crippen LogP contribution is -2.50. The van der Waals surface area contributed by atoms with Crippen molar-refractivity contribution in [3.05, 3.63) is 40.8 Å². The van der Waals surface area contributed by atoms with Gasteiger partial charge in [-0.3, -0.25) is 4.79 Å². The molecule has 2 aromatic rings. The molecule has 126 valence electrons. The third-order valence-corrected chi connectivity index (χ3v) is 5.52. The van der Waals surface area contributed by atoms with Gasteiger partial charge in [0.05, 0.1) is 29.7 Å².